The fourth-order valence-corrected chi connectivity index (χ4v) is 3.93. The standard InChI is InChI=1S/C21H23N5S/c1-24(2)16-7-9-17(10-8-16)26-20(15-11-13-25(3)14-15)19(23-21(26)27)18-6-4-5-12-22-18/h4-14,19-20H,1-3H3,(H,23,27). The number of hydrogen-bond acceptors (Lipinski definition) is 3. The quantitative estimate of drug-likeness (QED) is 0.702. The molecule has 0 spiro atoms. The Morgan fingerprint density at radius 2 is 1.85 bits per heavy atom. The Kier molecular flexibility index (Phi) is 4.58. The Bertz CT molecular complexity index is 933. The first-order valence-corrected chi connectivity index (χ1v) is 9.35. The second kappa shape index (κ2) is 7.04. The van der Waals surface area contributed by atoms with Gasteiger partial charge in [0, 0.05) is 51.1 Å². The van der Waals surface area contributed by atoms with Crippen LogP contribution in [0.1, 0.15) is 23.3 Å². The zero-order chi connectivity index (χ0) is 19.0. The summed E-state index contributed by atoms with van der Waals surface area (Å²) in [5, 5.41) is 4.21. The van der Waals surface area contributed by atoms with E-state index in [0.717, 1.165) is 22.2 Å². The molecule has 2 atom stereocenters. The molecule has 1 aliphatic heterocycles. The van der Waals surface area contributed by atoms with Crippen LogP contribution in [-0.2, 0) is 7.05 Å². The molecule has 1 fully saturated rings. The van der Waals surface area contributed by atoms with Crippen molar-refractivity contribution in [3.63, 3.8) is 0 Å². The van der Waals surface area contributed by atoms with Gasteiger partial charge >= 0.3 is 0 Å². The molecule has 1 saturated heterocycles. The van der Waals surface area contributed by atoms with E-state index in [-0.39, 0.29) is 12.1 Å². The number of hydrogen-bond donors (Lipinski definition) is 1. The molecule has 2 unspecified atom stereocenters. The summed E-state index contributed by atoms with van der Waals surface area (Å²) in [6.45, 7) is 0. The molecule has 138 valence electrons. The number of benzene rings is 1. The molecule has 0 bridgehead atoms. The van der Waals surface area contributed by atoms with Crippen LogP contribution in [0.25, 0.3) is 0 Å². The predicted octanol–water partition coefficient (Wildman–Crippen LogP) is 3.66. The van der Waals surface area contributed by atoms with Crippen molar-refractivity contribution < 1.29 is 0 Å². The molecule has 0 aliphatic carbocycles. The van der Waals surface area contributed by atoms with E-state index in [1.165, 1.54) is 5.56 Å². The van der Waals surface area contributed by atoms with Crippen LogP contribution in [0.4, 0.5) is 11.4 Å². The lowest BCUT2D eigenvalue weighted by Gasteiger charge is -2.27. The molecule has 4 rings (SSSR count). The number of anilines is 2. The molecule has 0 saturated carbocycles. The Morgan fingerprint density at radius 1 is 1.07 bits per heavy atom. The fourth-order valence-electron chi connectivity index (χ4n) is 3.58. The lowest BCUT2D eigenvalue weighted by atomic mass is 9.98. The first kappa shape index (κ1) is 17.5. The van der Waals surface area contributed by atoms with Gasteiger partial charge < -0.3 is 19.7 Å². The highest BCUT2D eigenvalue weighted by Crippen LogP contribution is 2.41. The van der Waals surface area contributed by atoms with Crippen LogP contribution >= 0.6 is 12.2 Å². The molecule has 3 heterocycles. The molecule has 5 nitrogen and oxygen atoms in total. The van der Waals surface area contributed by atoms with Crippen LogP contribution < -0.4 is 15.1 Å². The van der Waals surface area contributed by atoms with Gasteiger partial charge in [0.2, 0.25) is 0 Å². The highest BCUT2D eigenvalue weighted by atomic mass is 32.1. The number of nitrogens with one attached hydrogen (secondary N) is 1. The van der Waals surface area contributed by atoms with Crippen molar-refractivity contribution in [1.82, 2.24) is 14.9 Å². The van der Waals surface area contributed by atoms with Gasteiger partial charge in [0.15, 0.2) is 5.11 Å². The minimum Gasteiger partial charge on any atom is -0.378 e. The Hall–Kier alpha value is -2.86. The molecular weight excluding hydrogens is 354 g/mol. The number of nitrogens with zero attached hydrogens (tertiary/aromatic N) is 4. The van der Waals surface area contributed by atoms with Gasteiger partial charge in [0.1, 0.15) is 0 Å². The van der Waals surface area contributed by atoms with E-state index >= 15 is 0 Å². The highest BCUT2D eigenvalue weighted by molar-refractivity contribution is 7.80. The average molecular weight is 378 g/mol. The van der Waals surface area contributed by atoms with Gasteiger partial charge in [0.05, 0.1) is 17.8 Å². The second-order valence-corrected chi connectivity index (χ2v) is 7.40. The maximum atomic E-state index is 5.74. The van der Waals surface area contributed by atoms with Crippen molar-refractivity contribution in [2.45, 2.75) is 12.1 Å². The number of thiocarbonyl (C=S) groups is 1. The summed E-state index contributed by atoms with van der Waals surface area (Å²) in [5.74, 6) is 0. The van der Waals surface area contributed by atoms with Crippen LogP contribution in [0.3, 0.4) is 0 Å². The van der Waals surface area contributed by atoms with Crippen molar-refractivity contribution in [2.75, 3.05) is 23.9 Å². The summed E-state index contributed by atoms with van der Waals surface area (Å²) in [6.07, 6.45) is 6.05. The van der Waals surface area contributed by atoms with Crippen molar-refractivity contribution >= 4 is 28.7 Å². The summed E-state index contributed by atoms with van der Waals surface area (Å²) in [7, 11) is 6.12. The molecule has 1 aliphatic rings. The van der Waals surface area contributed by atoms with Gasteiger partial charge in [0.25, 0.3) is 0 Å². The number of aryl methyl sites for hydroxylation is 1. The van der Waals surface area contributed by atoms with E-state index < -0.39 is 0 Å². The van der Waals surface area contributed by atoms with E-state index in [0.29, 0.717) is 0 Å². The van der Waals surface area contributed by atoms with Gasteiger partial charge in [-0.05, 0) is 60.2 Å². The lowest BCUT2D eigenvalue weighted by molar-refractivity contribution is 0.567. The molecule has 6 heteroatoms. The Balaban J connectivity index is 1.78. The summed E-state index contributed by atoms with van der Waals surface area (Å²) in [4.78, 5) is 8.87. The van der Waals surface area contributed by atoms with Crippen LogP contribution in [0, 0.1) is 0 Å². The summed E-state index contributed by atoms with van der Waals surface area (Å²) < 4.78 is 2.07. The van der Waals surface area contributed by atoms with Crippen molar-refractivity contribution in [1.29, 1.82) is 0 Å². The van der Waals surface area contributed by atoms with E-state index in [9.17, 15) is 0 Å². The summed E-state index contributed by atoms with van der Waals surface area (Å²) >= 11 is 5.74. The number of rotatable bonds is 4. The molecule has 3 aromatic rings. The summed E-state index contributed by atoms with van der Waals surface area (Å²) in [6, 6.07) is 16.7. The first-order valence-electron chi connectivity index (χ1n) is 8.94. The van der Waals surface area contributed by atoms with Gasteiger partial charge in [-0.3, -0.25) is 4.98 Å². The van der Waals surface area contributed by atoms with E-state index in [1.54, 1.807) is 0 Å². The molecule has 27 heavy (non-hydrogen) atoms. The highest BCUT2D eigenvalue weighted by Gasteiger charge is 2.40. The third-order valence-corrected chi connectivity index (χ3v) is 5.25. The van der Waals surface area contributed by atoms with E-state index in [1.807, 2.05) is 39.5 Å². The molecule has 1 aromatic carbocycles. The van der Waals surface area contributed by atoms with E-state index in [4.69, 9.17) is 12.2 Å². The topological polar surface area (TPSA) is 36.3 Å². The monoisotopic (exact) mass is 377 g/mol. The largest absolute Gasteiger partial charge is 0.378 e. The van der Waals surface area contributed by atoms with Crippen LogP contribution in [0.15, 0.2) is 67.1 Å². The third-order valence-electron chi connectivity index (χ3n) is 4.94. The normalized spacial score (nSPS) is 19.2. The molecule has 0 radical (unpaired) electrons. The molecule has 0 amide bonds. The molecule has 2 aromatic heterocycles. The molecular formula is C21H23N5S. The van der Waals surface area contributed by atoms with Gasteiger partial charge in [-0.1, -0.05) is 6.07 Å². The fraction of sp³-hybridized carbons (Fsp3) is 0.238. The number of pyridine rings is 1. The maximum absolute atomic E-state index is 5.74. The summed E-state index contributed by atoms with van der Waals surface area (Å²) in [5.41, 5.74) is 4.43. The predicted molar refractivity (Wildman–Crippen MR) is 114 cm³/mol. The Labute approximate surface area is 165 Å². The van der Waals surface area contributed by atoms with Crippen LogP contribution in [0.2, 0.25) is 0 Å². The molecule has 1 N–H and O–H groups in total. The zero-order valence-electron chi connectivity index (χ0n) is 15.7. The third kappa shape index (κ3) is 3.28. The average Bonchev–Trinajstić information content (AvgIpc) is 3.25. The first-order chi connectivity index (χ1) is 13.0. The number of aromatic nitrogens is 2. The van der Waals surface area contributed by atoms with Crippen molar-refractivity contribution in [2.24, 2.45) is 7.05 Å². The SMILES string of the molecule is CN(C)c1ccc(N2C(=S)NC(c3ccccn3)C2c2ccn(C)c2)cc1. The van der Waals surface area contributed by atoms with Crippen LogP contribution in [-0.4, -0.2) is 28.8 Å². The van der Waals surface area contributed by atoms with Gasteiger partial charge in [-0.25, -0.2) is 0 Å². The second-order valence-electron chi connectivity index (χ2n) is 7.02. The van der Waals surface area contributed by atoms with Gasteiger partial charge in [-0.2, -0.15) is 0 Å². The smallest absolute Gasteiger partial charge is 0.174 e. The minimum absolute atomic E-state index is 0.00498. The minimum atomic E-state index is -0.00498. The van der Waals surface area contributed by atoms with Crippen LogP contribution in [0.5, 0.6) is 0 Å². The Morgan fingerprint density at radius 3 is 2.44 bits per heavy atom. The van der Waals surface area contributed by atoms with E-state index in [2.05, 4.69) is 73.5 Å². The van der Waals surface area contributed by atoms with Gasteiger partial charge in [-0.15, -0.1) is 0 Å². The zero-order valence-corrected chi connectivity index (χ0v) is 16.5. The lowest BCUT2D eigenvalue weighted by Crippen LogP contribution is -2.29. The van der Waals surface area contributed by atoms with Crippen molar-refractivity contribution in [3.8, 4) is 0 Å². The maximum Gasteiger partial charge on any atom is 0.174 e. The van der Waals surface area contributed by atoms with Crippen molar-refractivity contribution in [3.05, 3.63) is 78.4 Å².